The Hall–Kier alpha value is -0.870. The lowest BCUT2D eigenvalue weighted by Crippen LogP contribution is -2.30. The largest absolute Gasteiger partial charge is 0.297 e. The van der Waals surface area contributed by atoms with Gasteiger partial charge in [0.05, 0.1) is 11.4 Å². The first-order valence-electron chi connectivity index (χ1n) is 5.46. The second kappa shape index (κ2) is 3.32. The zero-order valence-electron chi connectivity index (χ0n) is 9.16. The lowest BCUT2D eigenvalue weighted by atomic mass is 10.1. The molecule has 0 unspecified atom stereocenters. The van der Waals surface area contributed by atoms with Crippen LogP contribution in [0.15, 0.2) is 5.38 Å². The highest BCUT2D eigenvalue weighted by atomic mass is 32.1. The summed E-state index contributed by atoms with van der Waals surface area (Å²) >= 11 is 1.75. The van der Waals surface area contributed by atoms with E-state index in [1.165, 1.54) is 17.1 Å². The van der Waals surface area contributed by atoms with Gasteiger partial charge in [0.1, 0.15) is 0 Å². The van der Waals surface area contributed by atoms with Gasteiger partial charge in [-0.05, 0) is 13.5 Å². The molecule has 0 aliphatic carbocycles. The van der Waals surface area contributed by atoms with Gasteiger partial charge < -0.3 is 0 Å². The highest BCUT2D eigenvalue weighted by molar-refractivity contribution is 7.15. The molecule has 0 saturated carbocycles. The van der Waals surface area contributed by atoms with Crippen molar-refractivity contribution in [1.82, 2.24) is 14.3 Å². The zero-order valence-corrected chi connectivity index (χ0v) is 9.97. The van der Waals surface area contributed by atoms with Crippen LogP contribution in [0.4, 0.5) is 0 Å². The molecular weight excluding hydrogens is 206 g/mol. The molecule has 1 aliphatic rings. The molecule has 2 aromatic heterocycles. The summed E-state index contributed by atoms with van der Waals surface area (Å²) in [5.41, 5.74) is 4.05. The number of aryl methyl sites for hydroxylation is 1. The van der Waals surface area contributed by atoms with E-state index < -0.39 is 0 Å². The van der Waals surface area contributed by atoms with Gasteiger partial charge in [0.2, 0.25) is 0 Å². The molecule has 0 bridgehead atoms. The molecule has 0 radical (unpaired) electrons. The van der Waals surface area contributed by atoms with Crippen molar-refractivity contribution >= 4 is 16.3 Å². The number of likely N-dealkylation sites (N-methyl/N-ethyl adjacent to an activating group) is 1. The number of hydrogen-bond acceptors (Lipinski definition) is 3. The van der Waals surface area contributed by atoms with Crippen LogP contribution in [0.3, 0.4) is 0 Å². The van der Waals surface area contributed by atoms with Crippen molar-refractivity contribution in [3.8, 4) is 0 Å². The van der Waals surface area contributed by atoms with Gasteiger partial charge in [0.15, 0.2) is 4.96 Å². The van der Waals surface area contributed by atoms with Crippen molar-refractivity contribution in [1.29, 1.82) is 0 Å². The first-order valence-corrected chi connectivity index (χ1v) is 6.34. The Labute approximate surface area is 93.4 Å². The minimum atomic E-state index is 1.06. The van der Waals surface area contributed by atoms with Crippen LogP contribution in [0.25, 0.3) is 4.96 Å². The van der Waals surface area contributed by atoms with E-state index in [0.29, 0.717) is 0 Å². The SMILES string of the molecule is CCN1CCc2nc3scc(C)n3c2C1. The fourth-order valence-corrected chi connectivity index (χ4v) is 3.20. The lowest BCUT2D eigenvalue weighted by Gasteiger charge is -2.24. The van der Waals surface area contributed by atoms with Crippen LogP contribution >= 0.6 is 11.3 Å². The summed E-state index contributed by atoms with van der Waals surface area (Å²) in [6.45, 7) is 7.74. The average Bonchev–Trinajstić information content (AvgIpc) is 2.78. The minimum Gasteiger partial charge on any atom is -0.297 e. The number of hydrogen-bond donors (Lipinski definition) is 0. The minimum absolute atomic E-state index is 1.06. The topological polar surface area (TPSA) is 20.5 Å². The van der Waals surface area contributed by atoms with Gasteiger partial charge >= 0.3 is 0 Å². The summed E-state index contributed by atoms with van der Waals surface area (Å²) < 4.78 is 2.32. The van der Waals surface area contributed by atoms with Crippen molar-refractivity contribution in [2.24, 2.45) is 0 Å². The molecule has 2 aromatic rings. The summed E-state index contributed by atoms with van der Waals surface area (Å²) in [5.74, 6) is 0. The van der Waals surface area contributed by atoms with E-state index in [4.69, 9.17) is 4.98 Å². The third kappa shape index (κ3) is 1.32. The normalized spacial score (nSPS) is 17.2. The van der Waals surface area contributed by atoms with E-state index in [9.17, 15) is 0 Å². The molecule has 80 valence electrons. The fourth-order valence-electron chi connectivity index (χ4n) is 2.29. The van der Waals surface area contributed by atoms with Crippen LogP contribution in [-0.2, 0) is 13.0 Å². The van der Waals surface area contributed by atoms with E-state index in [1.807, 2.05) is 0 Å². The summed E-state index contributed by atoms with van der Waals surface area (Å²) in [6, 6.07) is 0. The number of thiazole rings is 1. The quantitative estimate of drug-likeness (QED) is 0.735. The van der Waals surface area contributed by atoms with E-state index in [-0.39, 0.29) is 0 Å². The lowest BCUT2D eigenvalue weighted by molar-refractivity contribution is 0.262. The fraction of sp³-hybridized carbons (Fsp3) is 0.545. The Bertz CT molecular complexity index is 497. The van der Waals surface area contributed by atoms with Crippen LogP contribution in [0.2, 0.25) is 0 Å². The van der Waals surface area contributed by atoms with Crippen LogP contribution in [0.1, 0.15) is 24.0 Å². The summed E-state index contributed by atoms with van der Waals surface area (Å²) in [4.78, 5) is 8.34. The Morgan fingerprint density at radius 3 is 3.20 bits per heavy atom. The van der Waals surface area contributed by atoms with Gasteiger partial charge in [-0.15, -0.1) is 11.3 Å². The standard InChI is InChI=1S/C11H15N3S/c1-3-13-5-4-9-10(6-13)14-8(2)7-15-11(14)12-9/h7H,3-6H2,1-2H3. The molecule has 15 heavy (non-hydrogen) atoms. The number of rotatable bonds is 1. The van der Waals surface area contributed by atoms with Crippen LogP contribution < -0.4 is 0 Å². The maximum absolute atomic E-state index is 4.70. The molecule has 0 saturated heterocycles. The molecule has 0 spiro atoms. The van der Waals surface area contributed by atoms with Crippen molar-refractivity contribution in [2.45, 2.75) is 26.8 Å². The van der Waals surface area contributed by atoms with E-state index in [2.05, 4.69) is 28.5 Å². The highest BCUT2D eigenvalue weighted by Gasteiger charge is 2.21. The third-order valence-corrected chi connectivity index (χ3v) is 4.14. The predicted octanol–water partition coefficient (Wildman–Crippen LogP) is 2.08. The first kappa shape index (κ1) is 9.36. The number of nitrogens with zero attached hydrogens (tertiary/aromatic N) is 3. The Balaban J connectivity index is 2.16. The third-order valence-electron chi connectivity index (χ3n) is 3.20. The molecule has 0 N–H and O–H groups in total. The van der Waals surface area contributed by atoms with Gasteiger partial charge in [0.25, 0.3) is 0 Å². The predicted molar refractivity (Wildman–Crippen MR) is 62.5 cm³/mol. The van der Waals surface area contributed by atoms with Gasteiger partial charge in [-0.3, -0.25) is 9.30 Å². The number of imidazole rings is 1. The van der Waals surface area contributed by atoms with Crippen molar-refractivity contribution < 1.29 is 0 Å². The molecular formula is C11H15N3S. The number of fused-ring (bicyclic) bond motifs is 3. The van der Waals surface area contributed by atoms with Crippen LogP contribution in [0, 0.1) is 6.92 Å². The Morgan fingerprint density at radius 2 is 2.40 bits per heavy atom. The second-order valence-corrected chi connectivity index (χ2v) is 4.96. The molecule has 3 rings (SSSR count). The van der Waals surface area contributed by atoms with Gasteiger partial charge in [-0.2, -0.15) is 0 Å². The zero-order chi connectivity index (χ0) is 10.4. The Morgan fingerprint density at radius 1 is 1.53 bits per heavy atom. The van der Waals surface area contributed by atoms with Gasteiger partial charge in [-0.1, -0.05) is 6.92 Å². The summed E-state index contributed by atoms with van der Waals surface area (Å²) in [6.07, 6.45) is 1.11. The second-order valence-electron chi connectivity index (χ2n) is 4.12. The summed E-state index contributed by atoms with van der Waals surface area (Å²) in [7, 11) is 0. The maximum Gasteiger partial charge on any atom is 0.194 e. The maximum atomic E-state index is 4.70. The van der Waals surface area contributed by atoms with Crippen molar-refractivity contribution in [2.75, 3.05) is 13.1 Å². The molecule has 0 aromatic carbocycles. The van der Waals surface area contributed by atoms with E-state index in [1.54, 1.807) is 11.3 Å². The first-order chi connectivity index (χ1) is 7.29. The van der Waals surface area contributed by atoms with E-state index >= 15 is 0 Å². The van der Waals surface area contributed by atoms with Crippen molar-refractivity contribution in [3.05, 3.63) is 22.5 Å². The molecule has 0 atom stereocenters. The van der Waals surface area contributed by atoms with Crippen molar-refractivity contribution in [3.63, 3.8) is 0 Å². The molecule has 0 amide bonds. The van der Waals surface area contributed by atoms with E-state index in [0.717, 1.165) is 31.0 Å². The summed E-state index contributed by atoms with van der Waals surface area (Å²) in [5, 5.41) is 2.19. The highest BCUT2D eigenvalue weighted by Crippen LogP contribution is 2.25. The number of aromatic nitrogens is 2. The van der Waals surface area contributed by atoms with Crippen LogP contribution in [-0.4, -0.2) is 27.4 Å². The average molecular weight is 221 g/mol. The molecule has 0 fully saturated rings. The molecule has 3 nitrogen and oxygen atoms in total. The monoisotopic (exact) mass is 221 g/mol. The smallest absolute Gasteiger partial charge is 0.194 e. The molecule has 4 heteroatoms. The molecule has 1 aliphatic heterocycles. The molecule has 3 heterocycles. The van der Waals surface area contributed by atoms with Crippen LogP contribution in [0.5, 0.6) is 0 Å². The van der Waals surface area contributed by atoms with Gasteiger partial charge in [0, 0.05) is 30.6 Å². The Kier molecular flexibility index (Phi) is 2.07. The van der Waals surface area contributed by atoms with Gasteiger partial charge in [-0.25, -0.2) is 4.98 Å².